The molecule has 37 heavy (non-hydrogen) atoms. The number of hydrogen-bond donors (Lipinski definition) is 0. The van der Waals surface area contributed by atoms with Gasteiger partial charge in [-0.1, -0.05) is 0 Å². The molecule has 0 bridgehead atoms. The van der Waals surface area contributed by atoms with Crippen LogP contribution in [0.4, 0.5) is 20.2 Å². The number of ether oxygens (including phenoxy) is 1. The molecule has 194 valence electrons. The molecule has 9 heteroatoms. The van der Waals surface area contributed by atoms with Gasteiger partial charge in [0.15, 0.2) is 11.6 Å². The standard InChI is InChI=1S/C28H31F2N5O2/c1-33(24-14-26(36)34(2)23-11-6-18(15-31)32-28(23)24)19-7-9-20(10-8-19)35(16-17-4-5-17)21-12-22(29)27(30)25(13-21)37-3/h6,11-14,17,19-20H,4-5,7-10,16H2,1-3H3. The van der Waals surface area contributed by atoms with Gasteiger partial charge in [-0.25, -0.2) is 9.37 Å². The molecule has 5 rings (SSSR count). The van der Waals surface area contributed by atoms with E-state index in [1.165, 1.54) is 13.2 Å². The lowest BCUT2D eigenvalue weighted by atomic mass is 9.88. The number of halogens is 2. The van der Waals surface area contributed by atoms with Gasteiger partial charge < -0.3 is 19.1 Å². The molecule has 2 aliphatic rings. The molecule has 2 fully saturated rings. The van der Waals surface area contributed by atoms with Crippen LogP contribution in [0.5, 0.6) is 5.75 Å². The van der Waals surface area contributed by atoms with Crippen LogP contribution < -0.4 is 20.1 Å². The summed E-state index contributed by atoms with van der Waals surface area (Å²) in [5.74, 6) is -1.36. The smallest absolute Gasteiger partial charge is 0.252 e. The minimum atomic E-state index is -0.961. The number of benzene rings is 1. The van der Waals surface area contributed by atoms with Gasteiger partial charge in [0.05, 0.1) is 18.3 Å². The molecule has 0 radical (unpaired) electrons. The van der Waals surface area contributed by atoms with Gasteiger partial charge in [-0.15, -0.1) is 0 Å². The maximum atomic E-state index is 14.4. The van der Waals surface area contributed by atoms with E-state index < -0.39 is 11.6 Å². The Morgan fingerprint density at radius 2 is 1.81 bits per heavy atom. The van der Waals surface area contributed by atoms with Crippen LogP contribution in [0, 0.1) is 28.9 Å². The van der Waals surface area contributed by atoms with E-state index in [0.717, 1.165) is 50.8 Å². The average Bonchev–Trinajstić information content (AvgIpc) is 3.74. The van der Waals surface area contributed by atoms with Crippen molar-refractivity contribution in [2.24, 2.45) is 13.0 Å². The SMILES string of the molecule is COc1cc(N(CC2CC2)C2CCC(N(C)c3cc(=O)n(C)c4ccc(C#N)nc34)CC2)cc(F)c1F. The van der Waals surface area contributed by atoms with Crippen LogP contribution in [0.15, 0.2) is 35.1 Å². The number of nitriles is 1. The van der Waals surface area contributed by atoms with E-state index in [2.05, 4.69) is 20.9 Å². The van der Waals surface area contributed by atoms with E-state index in [-0.39, 0.29) is 23.4 Å². The quantitative estimate of drug-likeness (QED) is 0.459. The van der Waals surface area contributed by atoms with E-state index in [1.54, 1.807) is 35.9 Å². The van der Waals surface area contributed by atoms with Crippen LogP contribution in [0.1, 0.15) is 44.2 Å². The van der Waals surface area contributed by atoms with E-state index in [4.69, 9.17) is 4.74 Å². The summed E-state index contributed by atoms with van der Waals surface area (Å²) in [6, 6.07) is 10.3. The average molecular weight is 508 g/mol. The minimum absolute atomic E-state index is 0.0778. The van der Waals surface area contributed by atoms with Gasteiger partial charge in [0.1, 0.15) is 17.3 Å². The highest BCUT2D eigenvalue weighted by atomic mass is 19.2. The predicted octanol–water partition coefficient (Wildman–Crippen LogP) is 4.76. The first-order chi connectivity index (χ1) is 17.8. The van der Waals surface area contributed by atoms with Gasteiger partial charge in [-0.2, -0.15) is 9.65 Å². The monoisotopic (exact) mass is 507 g/mol. The molecule has 7 nitrogen and oxygen atoms in total. The van der Waals surface area contributed by atoms with Crippen LogP contribution in [0.3, 0.4) is 0 Å². The Balaban J connectivity index is 1.39. The summed E-state index contributed by atoms with van der Waals surface area (Å²) in [6.45, 7) is 0.819. The van der Waals surface area contributed by atoms with E-state index in [9.17, 15) is 18.8 Å². The van der Waals surface area contributed by atoms with E-state index >= 15 is 0 Å². The van der Waals surface area contributed by atoms with Gasteiger partial charge in [-0.05, 0) is 56.6 Å². The summed E-state index contributed by atoms with van der Waals surface area (Å²) in [4.78, 5) is 21.5. The maximum absolute atomic E-state index is 14.4. The summed E-state index contributed by atoms with van der Waals surface area (Å²) >= 11 is 0. The molecule has 2 aromatic heterocycles. The summed E-state index contributed by atoms with van der Waals surface area (Å²) in [5, 5.41) is 9.35. The second kappa shape index (κ2) is 10.0. The third-order valence-corrected chi connectivity index (χ3v) is 7.90. The fraction of sp³-hybridized carbons (Fsp3) is 0.464. The van der Waals surface area contributed by atoms with Gasteiger partial charge >= 0.3 is 0 Å². The zero-order valence-corrected chi connectivity index (χ0v) is 21.4. The lowest BCUT2D eigenvalue weighted by Crippen LogP contribution is -2.44. The van der Waals surface area contributed by atoms with Crippen molar-refractivity contribution in [1.29, 1.82) is 5.26 Å². The van der Waals surface area contributed by atoms with Crippen LogP contribution in [-0.4, -0.2) is 42.3 Å². The molecule has 2 aliphatic carbocycles. The topological polar surface area (TPSA) is 74.4 Å². The largest absolute Gasteiger partial charge is 0.493 e. The Morgan fingerprint density at radius 1 is 1.11 bits per heavy atom. The Morgan fingerprint density at radius 3 is 2.46 bits per heavy atom. The first-order valence-corrected chi connectivity index (χ1v) is 12.7. The molecular formula is C28H31F2N5O2. The third kappa shape index (κ3) is 4.85. The summed E-state index contributed by atoms with van der Waals surface area (Å²) in [6.07, 6.45) is 5.81. The minimum Gasteiger partial charge on any atom is -0.493 e. The van der Waals surface area contributed by atoms with Crippen molar-refractivity contribution in [3.8, 4) is 11.8 Å². The lowest BCUT2D eigenvalue weighted by Gasteiger charge is -2.41. The fourth-order valence-corrected chi connectivity index (χ4v) is 5.51. The number of nitrogens with zero attached hydrogens (tertiary/aromatic N) is 5. The molecule has 3 aromatic rings. The Labute approximate surface area is 214 Å². The van der Waals surface area contributed by atoms with Crippen LogP contribution in [-0.2, 0) is 7.05 Å². The van der Waals surface area contributed by atoms with Crippen molar-refractivity contribution in [3.05, 3.63) is 58.0 Å². The predicted molar refractivity (Wildman–Crippen MR) is 139 cm³/mol. The van der Waals surface area contributed by atoms with Gasteiger partial charge in [-0.3, -0.25) is 4.79 Å². The van der Waals surface area contributed by atoms with Crippen molar-refractivity contribution in [2.45, 2.75) is 50.6 Å². The molecule has 0 aliphatic heterocycles. The molecule has 0 saturated heterocycles. The highest BCUT2D eigenvalue weighted by molar-refractivity contribution is 5.88. The van der Waals surface area contributed by atoms with Gasteiger partial charge in [0.2, 0.25) is 5.82 Å². The van der Waals surface area contributed by atoms with E-state index in [1.807, 2.05) is 7.05 Å². The van der Waals surface area contributed by atoms with E-state index in [0.29, 0.717) is 28.3 Å². The Bertz CT molecular complexity index is 1420. The van der Waals surface area contributed by atoms with Crippen LogP contribution in [0.25, 0.3) is 11.0 Å². The summed E-state index contributed by atoms with van der Waals surface area (Å²) < 4.78 is 35.1. The maximum Gasteiger partial charge on any atom is 0.252 e. The van der Waals surface area contributed by atoms with Gasteiger partial charge in [0, 0.05) is 56.6 Å². The molecular weight excluding hydrogens is 476 g/mol. The Kier molecular flexibility index (Phi) is 6.76. The Hall–Kier alpha value is -3.67. The number of fused-ring (bicyclic) bond motifs is 1. The number of aryl methyl sites for hydroxylation is 1. The van der Waals surface area contributed by atoms with Crippen LogP contribution >= 0.6 is 0 Å². The lowest BCUT2D eigenvalue weighted by molar-refractivity contribution is 0.359. The number of methoxy groups -OCH3 is 1. The summed E-state index contributed by atoms with van der Waals surface area (Å²) in [7, 11) is 5.03. The molecule has 0 unspecified atom stereocenters. The number of aromatic nitrogens is 2. The molecule has 0 amide bonds. The molecule has 0 spiro atoms. The number of anilines is 2. The highest BCUT2D eigenvalue weighted by Gasteiger charge is 2.33. The third-order valence-electron chi connectivity index (χ3n) is 7.90. The first-order valence-electron chi connectivity index (χ1n) is 12.7. The number of hydrogen-bond acceptors (Lipinski definition) is 6. The van der Waals surface area contributed by atoms with Crippen molar-refractivity contribution in [2.75, 3.05) is 30.5 Å². The molecule has 0 N–H and O–H groups in total. The second-order valence-electron chi connectivity index (χ2n) is 10.2. The zero-order valence-electron chi connectivity index (χ0n) is 21.4. The van der Waals surface area contributed by atoms with Crippen molar-refractivity contribution in [1.82, 2.24) is 9.55 Å². The van der Waals surface area contributed by atoms with Crippen molar-refractivity contribution >= 4 is 22.4 Å². The fourth-order valence-electron chi connectivity index (χ4n) is 5.51. The zero-order chi connectivity index (χ0) is 26.3. The molecule has 2 heterocycles. The molecule has 0 atom stereocenters. The first kappa shape index (κ1) is 25.0. The highest BCUT2D eigenvalue weighted by Crippen LogP contribution is 2.38. The molecule has 2 saturated carbocycles. The summed E-state index contributed by atoms with van der Waals surface area (Å²) in [5.41, 5.74) is 2.88. The second-order valence-corrected chi connectivity index (χ2v) is 10.2. The number of pyridine rings is 2. The van der Waals surface area contributed by atoms with Crippen LogP contribution in [0.2, 0.25) is 0 Å². The normalized spacial score (nSPS) is 19.5. The van der Waals surface area contributed by atoms with Gasteiger partial charge in [0.25, 0.3) is 5.56 Å². The molecule has 1 aromatic carbocycles. The number of rotatable bonds is 7. The van der Waals surface area contributed by atoms with Crippen molar-refractivity contribution in [3.63, 3.8) is 0 Å². The van der Waals surface area contributed by atoms with Crippen molar-refractivity contribution < 1.29 is 13.5 Å².